The summed E-state index contributed by atoms with van der Waals surface area (Å²) in [5.41, 5.74) is 4.61. The first-order chi connectivity index (χ1) is 15.0. The predicted octanol–water partition coefficient (Wildman–Crippen LogP) is 6.05. The Morgan fingerprint density at radius 3 is 2.58 bits per heavy atom. The van der Waals surface area contributed by atoms with Crippen LogP contribution in [-0.2, 0) is 11.2 Å². The summed E-state index contributed by atoms with van der Waals surface area (Å²) in [7, 11) is 0. The second-order valence-corrected chi connectivity index (χ2v) is 7.85. The summed E-state index contributed by atoms with van der Waals surface area (Å²) in [5.74, 6) is 0.472. The van der Waals surface area contributed by atoms with Crippen LogP contribution in [0, 0.1) is 12.7 Å². The zero-order chi connectivity index (χ0) is 21.8. The zero-order valence-electron chi connectivity index (χ0n) is 17.8. The molecule has 4 rings (SSSR count). The molecule has 0 spiro atoms. The molecule has 0 unspecified atom stereocenters. The highest BCUT2D eigenvalue weighted by Crippen LogP contribution is 2.27. The van der Waals surface area contributed by atoms with Gasteiger partial charge >= 0.3 is 0 Å². The van der Waals surface area contributed by atoms with E-state index in [0.717, 1.165) is 40.1 Å². The van der Waals surface area contributed by atoms with E-state index in [1.165, 1.54) is 12.1 Å². The highest BCUT2D eigenvalue weighted by atomic mass is 19.1. The molecular formula is C26H26FN3O. The van der Waals surface area contributed by atoms with E-state index in [9.17, 15) is 9.18 Å². The van der Waals surface area contributed by atoms with Crippen molar-refractivity contribution >= 4 is 22.6 Å². The lowest BCUT2D eigenvalue weighted by atomic mass is 10.1. The molecule has 31 heavy (non-hydrogen) atoms. The van der Waals surface area contributed by atoms with Crippen molar-refractivity contribution in [2.45, 2.75) is 39.2 Å². The summed E-state index contributed by atoms with van der Waals surface area (Å²) in [6, 6.07) is 21.7. The van der Waals surface area contributed by atoms with E-state index in [4.69, 9.17) is 4.98 Å². The maximum absolute atomic E-state index is 13.4. The van der Waals surface area contributed by atoms with Crippen LogP contribution in [0.1, 0.15) is 42.8 Å². The molecule has 1 aromatic heterocycles. The number of fused-ring (bicyclic) bond motifs is 1. The van der Waals surface area contributed by atoms with Crippen LogP contribution in [0.3, 0.4) is 0 Å². The van der Waals surface area contributed by atoms with Crippen molar-refractivity contribution in [3.8, 4) is 0 Å². The second kappa shape index (κ2) is 9.13. The molecule has 1 atom stereocenters. The Morgan fingerprint density at radius 2 is 1.84 bits per heavy atom. The van der Waals surface area contributed by atoms with Gasteiger partial charge in [-0.25, -0.2) is 9.37 Å². The normalized spacial score (nSPS) is 12.1. The summed E-state index contributed by atoms with van der Waals surface area (Å²) in [6.07, 6.45) is 2.07. The van der Waals surface area contributed by atoms with Crippen LogP contribution in [-0.4, -0.2) is 15.5 Å². The van der Waals surface area contributed by atoms with Crippen LogP contribution >= 0.6 is 0 Å². The van der Waals surface area contributed by atoms with Gasteiger partial charge < -0.3 is 9.88 Å². The maximum atomic E-state index is 13.4. The maximum Gasteiger partial charge on any atom is 0.247 e. The van der Waals surface area contributed by atoms with Crippen LogP contribution < -0.4 is 5.32 Å². The number of halogens is 1. The van der Waals surface area contributed by atoms with E-state index in [1.54, 1.807) is 12.1 Å². The van der Waals surface area contributed by atoms with Gasteiger partial charge in [0.2, 0.25) is 5.91 Å². The summed E-state index contributed by atoms with van der Waals surface area (Å²) in [6.45, 7) is 4.08. The number of aromatic nitrogens is 2. The summed E-state index contributed by atoms with van der Waals surface area (Å²) in [5, 5.41) is 3.08. The largest absolute Gasteiger partial charge is 0.324 e. The van der Waals surface area contributed by atoms with Gasteiger partial charge in [0, 0.05) is 12.1 Å². The Labute approximate surface area is 181 Å². The number of imidazole rings is 1. The zero-order valence-corrected chi connectivity index (χ0v) is 17.8. The summed E-state index contributed by atoms with van der Waals surface area (Å²) < 4.78 is 15.4. The summed E-state index contributed by atoms with van der Waals surface area (Å²) in [4.78, 5) is 18.2. The second-order valence-electron chi connectivity index (χ2n) is 7.85. The molecular weight excluding hydrogens is 389 g/mol. The third kappa shape index (κ3) is 4.66. The van der Waals surface area contributed by atoms with Crippen LogP contribution in [0.4, 0.5) is 10.1 Å². The quantitative estimate of drug-likeness (QED) is 0.399. The molecule has 0 aliphatic heterocycles. The number of hydrogen-bond donors (Lipinski definition) is 1. The third-order valence-corrected chi connectivity index (χ3v) is 5.41. The minimum absolute atomic E-state index is 0.0593. The molecule has 0 saturated heterocycles. The number of carbonyl (C=O) groups excluding carboxylic acids is 1. The summed E-state index contributed by atoms with van der Waals surface area (Å²) >= 11 is 0. The molecule has 4 aromatic rings. The van der Waals surface area contributed by atoms with E-state index in [2.05, 4.69) is 12.2 Å². The number of hydrogen-bond acceptors (Lipinski definition) is 2. The number of rotatable bonds is 7. The minimum Gasteiger partial charge on any atom is -0.324 e. The van der Waals surface area contributed by atoms with E-state index in [-0.39, 0.29) is 11.7 Å². The highest BCUT2D eigenvalue weighted by Gasteiger charge is 2.25. The van der Waals surface area contributed by atoms with Crippen molar-refractivity contribution < 1.29 is 9.18 Å². The van der Waals surface area contributed by atoms with E-state index in [0.29, 0.717) is 12.8 Å². The molecule has 1 N–H and O–H groups in total. The average Bonchev–Trinajstić information content (AvgIpc) is 3.11. The van der Waals surface area contributed by atoms with E-state index < -0.39 is 6.04 Å². The fraction of sp³-hybridized carbons (Fsp3) is 0.231. The Hall–Kier alpha value is -3.47. The number of anilines is 1. The van der Waals surface area contributed by atoms with Gasteiger partial charge in [0.05, 0.1) is 11.0 Å². The standard InChI is InChI=1S/C26H26FN3O/c1-3-7-24(26(31)28-21-9-6-8-18(2)16-21)30-23-11-5-4-10-22(23)29-25(30)17-19-12-14-20(27)15-13-19/h4-6,8-16,24H,3,7,17H2,1-2H3,(H,28,31)/t24-/m0/s1. The lowest BCUT2D eigenvalue weighted by Crippen LogP contribution is -2.27. The van der Waals surface area contributed by atoms with Gasteiger partial charge in [-0.3, -0.25) is 4.79 Å². The van der Waals surface area contributed by atoms with Crippen LogP contribution in [0.15, 0.2) is 72.8 Å². The van der Waals surface area contributed by atoms with Gasteiger partial charge in [-0.2, -0.15) is 0 Å². The van der Waals surface area contributed by atoms with Gasteiger partial charge in [0.25, 0.3) is 0 Å². The molecule has 1 heterocycles. The topological polar surface area (TPSA) is 46.9 Å². The lowest BCUT2D eigenvalue weighted by Gasteiger charge is -2.21. The van der Waals surface area contributed by atoms with Crippen LogP contribution in [0.25, 0.3) is 11.0 Å². The fourth-order valence-electron chi connectivity index (χ4n) is 3.95. The molecule has 0 saturated carbocycles. The van der Waals surface area contributed by atoms with Crippen molar-refractivity contribution in [1.29, 1.82) is 0 Å². The Balaban J connectivity index is 1.74. The molecule has 0 bridgehead atoms. The monoisotopic (exact) mass is 415 g/mol. The van der Waals surface area contributed by atoms with E-state index >= 15 is 0 Å². The van der Waals surface area contributed by atoms with E-state index in [1.807, 2.05) is 60.0 Å². The third-order valence-electron chi connectivity index (χ3n) is 5.41. The van der Waals surface area contributed by atoms with Gasteiger partial charge in [0.1, 0.15) is 17.7 Å². The van der Waals surface area contributed by atoms with Crippen molar-refractivity contribution in [3.05, 3.63) is 95.6 Å². The minimum atomic E-state index is -0.395. The lowest BCUT2D eigenvalue weighted by molar-refractivity contribution is -0.119. The van der Waals surface area contributed by atoms with Crippen LogP contribution in [0.2, 0.25) is 0 Å². The number of nitrogens with zero attached hydrogens (tertiary/aromatic N) is 2. The number of aryl methyl sites for hydroxylation is 1. The van der Waals surface area contributed by atoms with Crippen molar-refractivity contribution in [1.82, 2.24) is 9.55 Å². The van der Waals surface area contributed by atoms with Gasteiger partial charge in [0.15, 0.2) is 0 Å². The molecule has 4 nitrogen and oxygen atoms in total. The number of benzene rings is 3. The average molecular weight is 416 g/mol. The molecule has 0 fully saturated rings. The fourth-order valence-corrected chi connectivity index (χ4v) is 3.95. The number of amides is 1. The molecule has 0 radical (unpaired) electrons. The predicted molar refractivity (Wildman–Crippen MR) is 123 cm³/mol. The molecule has 0 aliphatic rings. The Kier molecular flexibility index (Phi) is 6.12. The molecule has 0 aliphatic carbocycles. The number of carbonyl (C=O) groups is 1. The van der Waals surface area contributed by atoms with Gasteiger partial charge in [-0.05, 0) is 60.9 Å². The Bertz CT molecular complexity index is 1200. The van der Waals surface area contributed by atoms with Crippen molar-refractivity contribution in [3.63, 3.8) is 0 Å². The number of nitrogens with one attached hydrogen (secondary N) is 1. The van der Waals surface area contributed by atoms with Crippen molar-refractivity contribution in [2.75, 3.05) is 5.32 Å². The smallest absolute Gasteiger partial charge is 0.247 e. The first-order valence-corrected chi connectivity index (χ1v) is 10.6. The molecule has 5 heteroatoms. The Morgan fingerprint density at radius 1 is 1.06 bits per heavy atom. The first kappa shape index (κ1) is 20.8. The highest BCUT2D eigenvalue weighted by molar-refractivity contribution is 5.95. The first-order valence-electron chi connectivity index (χ1n) is 10.6. The molecule has 158 valence electrons. The number of para-hydroxylation sites is 2. The van der Waals surface area contributed by atoms with Gasteiger partial charge in [-0.1, -0.05) is 49.7 Å². The van der Waals surface area contributed by atoms with Crippen LogP contribution in [0.5, 0.6) is 0 Å². The molecule has 3 aromatic carbocycles. The SMILES string of the molecule is CCC[C@@H](C(=O)Nc1cccc(C)c1)n1c(Cc2ccc(F)cc2)nc2ccccc21. The molecule has 1 amide bonds. The van der Waals surface area contributed by atoms with Crippen molar-refractivity contribution in [2.24, 2.45) is 0 Å². The van der Waals surface area contributed by atoms with Gasteiger partial charge in [-0.15, -0.1) is 0 Å².